The minimum Gasteiger partial charge on any atom is -0.494 e. The number of halogens is 2. The van der Waals surface area contributed by atoms with Gasteiger partial charge in [0.1, 0.15) is 18.1 Å². The van der Waals surface area contributed by atoms with Crippen LogP contribution in [0.25, 0.3) is 0 Å². The Morgan fingerprint density at radius 2 is 1.63 bits per heavy atom. The smallest absolute Gasteiger partial charge is 0.120 e. The summed E-state index contributed by atoms with van der Waals surface area (Å²) in [5.41, 5.74) is 0.957. The lowest BCUT2D eigenvalue weighted by molar-refractivity contribution is 0.304. The molecular weight excluding hydrogens is 328 g/mol. The molecule has 0 spiro atoms. The number of benzene rings is 2. The minimum atomic E-state index is 0.445. The predicted molar refractivity (Wildman–Crippen MR) is 81.1 cm³/mol. The van der Waals surface area contributed by atoms with Gasteiger partial charge in [-0.1, -0.05) is 33.6 Å². The summed E-state index contributed by atoms with van der Waals surface area (Å²) in [6.07, 6.45) is 0. The van der Waals surface area contributed by atoms with Gasteiger partial charge in [0, 0.05) is 15.1 Å². The van der Waals surface area contributed by atoms with Gasteiger partial charge in [-0.25, -0.2) is 0 Å². The number of ether oxygens (including phenoxy) is 2. The third kappa shape index (κ3) is 4.15. The number of hydrogen-bond donors (Lipinski definition) is 0. The summed E-state index contributed by atoms with van der Waals surface area (Å²) >= 11 is 9.51. The Morgan fingerprint density at radius 1 is 1.00 bits per heavy atom. The largest absolute Gasteiger partial charge is 0.494 e. The molecule has 0 atom stereocenters. The highest BCUT2D eigenvalue weighted by Gasteiger charge is 2.02. The van der Waals surface area contributed by atoms with Gasteiger partial charge in [-0.05, 0) is 43.3 Å². The Kier molecular flexibility index (Phi) is 5.11. The Balaban J connectivity index is 1.98. The van der Waals surface area contributed by atoms with Crippen LogP contribution in [0.3, 0.4) is 0 Å². The normalized spacial score (nSPS) is 10.3. The number of hydrogen-bond acceptors (Lipinski definition) is 2. The van der Waals surface area contributed by atoms with Crippen molar-refractivity contribution in [1.82, 2.24) is 0 Å². The quantitative estimate of drug-likeness (QED) is 0.755. The molecule has 0 amide bonds. The maximum absolute atomic E-state index is 6.13. The highest BCUT2D eigenvalue weighted by molar-refractivity contribution is 9.10. The van der Waals surface area contributed by atoms with E-state index >= 15 is 0 Å². The third-order valence-electron chi connectivity index (χ3n) is 2.54. The molecule has 2 rings (SSSR count). The molecule has 0 aliphatic carbocycles. The van der Waals surface area contributed by atoms with E-state index in [1.54, 1.807) is 0 Å². The molecule has 0 bridgehead atoms. The van der Waals surface area contributed by atoms with E-state index in [0.29, 0.717) is 18.2 Å². The van der Waals surface area contributed by atoms with Crippen molar-refractivity contribution >= 4 is 27.5 Å². The van der Waals surface area contributed by atoms with E-state index in [0.717, 1.165) is 21.5 Å². The van der Waals surface area contributed by atoms with Crippen molar-refractivity contribution in [2.75, 3.05) is 6.61 Å². The van der Waals surface area contributed by atoms with Crippen LogP contribution < -0.4 is 9.47 Å². The van der Waals surface area contributed by atoms with Crippen molar-refractivity contribution in [1.29, 1.82) is 0 Å². The van der Waals surface area contributed by atoms with Crippen LogP contribution in [0.1, 0.15) is 12.5 Å². The Hall–Kier alpha value is -1.19. The van der Waals surface area contributed by atoms with Gasteiger partial charge in [0.25, 0.3) is 0 Å². The SMILES string of the molecule is CCOc1ccc(OCc2ccc(Br)cc2Cl)cc1. The van der Waals surface area contributed by atoms with Gasteiger partial charge in [0.2, 0.25) is 0 Å². The standard InChI is InChI=1S/C15H14BrClO2/c1-2-18-13-5-7-14(8-6-13)19-10-11-3-4-12(16)9-15(11)17/h3-9H,2,10H2,1H3. The molecule has 0 unspecified atom stereocenters. The molecule has 0 N–H and O–H groups in total. The lowest BCUT2D eigenvalue weighted by atomic mass is 10.2. The van der Waals surface area contributed by atoms with Crippen LogP contribution in [-0.2, 0) is 6.61 Å². The fourth-order valence-corrected chi connectivity index (χ4v) is 2.33. The summed E-state index contributed by atoms with van der Waals surface area (Å²) in [6, 6.07) is 13.3. The van der Waals surface area contributed by atoms with E-state index in [1.165, 1.54) is 0 Å². The summed E-state index contributed by atoms with van der Waals surface area (Å²) in [5.74, 6) is 1.64. The van der Waals surface area contributed by atoms with E-state index in [4.69, 9.17) is 21.1 Å². The molecule has 4 heteroatoms. The first kappa shape index (κ1) is 14.2. The van der Waals surface area contributed by atoms with Crippen molar-refractivity contribution in [3.63, 3.8) is 0 Å². The van der Waals surface area contributed by atoms with E-state index < -0.39 is 0 Å². The fraction of sp³-hybridized carbons (Fsp3) is 0.200. The van der Waals surface area contributed by atoms with E-state index in [9.17, 15) is 0 Å². The van der Waals surface area contributed by atoms with Crippen LogP contribution in [0.4, 0.5) is 0 Å². The first-order chi connectivity index (χ1) is 9.19. The van der Waals surface area contributed by atoms with E-state index in [-0.39, 0.29) is 0 Å². The predicted octanol–water partition coefficient (Wildman–Crippen LogP) is 5.08. The Labute approximate surface area is 126 Å². The van der Waals surface area contributed by atoms with Gasteiger partial charge >= 0.3 is 0 Å². The summed E-state index contributed by atoms with van der Waals surface area (Å²) in [5, 5.41) is 0.695. The van der Waals surface area contributed by atoms with Crippen LogP contribution in [0.15, 0.2) is 46.9 Å². The van der Waals surface area contributed by atoms with Gasteiger partial charge in [-0.3, -0.25) is 0 Å². The molecule has 2 aromatic carbocycles. The topological polar surface area (TPSA) is 18.5 Å². The fourth-order valence-electron chi connectivity index (χ4n) is 1.60. The second kappa shape index (κ2) is 6.83. The monoisotopic (exact) mass is 340 g/mol. The lowest BCUT2D eigenvalue weighted by Gasteiger charge is -2.09. The molecular formula is C15H14BrClO2. The molecule has 2 aromatic rings. The van der Waals surface area contributed by atoms with E-state index in [2.05, 4.69) is 15.9 Å². The molecule has 2 nitrogen and oxygen atoms in total. The van der Waals surface area contributed by atoms with Crippen molar-refractivity contribution in [3.05, 3.63) is 57.5 Å². The van der Waals surface area contributed by atoms with Gasteiger partial charge in [0.05, 0.1) is 6.61 Å². The molecule has 0 aliphatic rings. The average Bonchev–Trinajstić information content (AvgIpc) is 2.40. The summed E-state index contributed by atoms with van der Waals surface area (Å²) < 4.78 is 12.0. The van der Waals surface area contributed by atoms with Crippen molar-refractivity contribution in [2.45, 2.75) is 13.5 Å². The zero-order chi connectivity index (χ0) is 13.7. The van der Waals surface area contributed by atoms with Crippen LogP contribution in [0.2, 0.25) is 5.02 Å². The summed E-state index contributed by atoms with van der Waals surface area (Å²) in [4.78, 5) is 0. The Morgan fingerprint density at radius 3 is 2.21 bits per heavy atom. The second-order valence-electron chi connectivity index (χ2n) is 3.93. The summed E-state index contributed by atoms with van der Waals surface area (Å²) in [6.45, 7) is 3.06. The van der Waals surface area contributed by atoms with Crippen LogP contribution >= 0.6 is 27.5 Å². The average molecular weight is 342 g/mol. The molecule has 0 saturated heterocycles. The second-order valence-corrected chi connectivity index (χ2v) is 5.25. The molecule has 0 saturated carbocycles. The maximum Gasteiger partial charge on any atom is 0.120 e. The molecule has 0 heterocycles. The molecule has 0 radical (unpaired) electrons. The van der Waals surface area contributed by atoms with Crippen LogP contribution in [-0.4, -0.2) is 6.61 Å². The third-order valence-corrected chi connectivity index (χ3v) is 3.39. The van der Waals surface area contributed by atoms with Gasteiger partial charge in [0.15, 0.2) is 0 Å². The van der Waals surface area contributed by atoms with Gasteiger partial charge < -0.3 is 9.47 Å². The highest BCUT2D eigenvalue weighted by Crippen LogP contribution is 2.24. The number of rotatable bonds is 5. The van der Waals surface area contributed by atoms with Crippen LogP contribution in [0.5, 0.6) is 11.5 Å². The molecule has 19 heavy (non-hydrogen) atoms. The molecule has 0 aliphatic heterocycles. The van der Waals surface area contributed by atoms with Crippen molar-refractivity contribution < 1.29 is 9.47 Å². The van der Waals surface area contributed by atoms with Crippen molar-refractivity contribution in [3.8, 4) is 11.5 Å². The molecule has 0 aromatic heterocycles. The molecule has 100 valence electrons. The first-order valence-corrected chi connectivity index (χ1v) is 7.15. The first-order valence-electron chi connectivity index (χ1n) is 5.98. The van der Waals surface area contributed by atoms with Gasteiger partial charge in [-0.2, -0.15) is 0 Å². The van der Waals surface area contributed by atoms with Crippen LogP contribution in [0, 0.1) is 0 Å². The summed E-state index contributed by atoms with van der Waals surface area (Å²) in [7, 11) is 0. The van der Waals surface area contributed by atoms with E-state index in [1.807, 2.05) is 49.4 Å². The lowest BCUT2D eigenvalue weighted by Crippen LogP contribution is -1.96. The molecule has 0 fully saturated rings. The highest BCUT2D eigenvalue weighted by atomic mass is 79.9. The minimum absolute atomic E-state index is 0.445. The Bertz CT molecular complexity index is 540. The van der Waals surface area contributed by atoms with Gasteiger partial charge in [-0.15, -0.1) is 0 Å². The zero-order valence-corrected chi connectivity index (χ0v) is 12.9. The maximum atomic E-state index is 6.13. The zero-order valence-electron chi connectivity index (χ0n) is 10.5. The van der Waals surface area contributed by atoms with Crippen molar-refractivity contribution in [2.24, 2.45) is 0 Å².